The monoisotopic (exact) mass is 560 g/mol. The zero-order valence-electron chi connectivity index (χ0n) is 22.0. The van der Waals surface area contributed by atoms with E-state index in [1.54, 1.807) is 26.1 Å². The molecule has 2 amide bonds. The number of hydrogen-bond acceptors (Lipinski definition) is 7. The molecule has 0 atom stereocenters. The second-order valence-electron chi connectivity index (χ2n) is 9.30. The fourth-order valence-corrected chi connectivity index (χ4v) is 5.01. The van der Waals surface area contributed by atoms with Crippen molar-refractivity contribution >= 4 is 39.7 Å². The van der Waals surface area contributed by atoms with Gasteiger partial charge in [-0.2, -0.15) is 13.2 Å². The molecule has 0 bridgehead atoms. The molecule has 1 aliphatic rings. The molecule has 3 N–H and O–H groups in total. The maximum atomic E-state index is 14.0. The summed E-state index contributed by atoms with van der Waals surface area (Å²) >= 11 is 1.18. The van der Waals surface area contributed by atoms with Crippen molar-refractivity contribution in [3.8, 4) is 0 Å². The van der Waals surface area contributed by atoms with Gasteiger partial charge in [-0.15, -0.1) is 0 Å². The molecule has 1 aliphatic heterocycles. The summed E-state index contributed by atoms with van der Waals surface area (Å²) in [6.07, 6.45) is -3.11. The van der Waals surface area contributed by atoms with Crippen LogP contribution in [0.1, 0.15) is 43.6 Å². The molecule has 8 nitrogen and oxygen atoms in total. The number of anilines is 3. The van der Waals surface area contributed by atoms with Crippen LogP contribution < -0.4 is 16.0 Å². The van der Waals surface area contributed by atoms with E-state index in [1.165, 1.54) is 35.7 Å². The average Bonchev–Trinajstić information content (AvgIpc) is 3.40. The minimum Gasteiger partial charge on any atom is -0.365 e. The Morgan fingerprint density at radius 3 is 2.36 bits per heavy atom. The van der Waals surface area contributed by atoms with E-state index in [9.17, 15) is 22.8 Å². The van der Waals surface area contributed by atoms with Crippen molar-refractivity contribution in [2.24, 2.45) is 0 Å². The Hall–Kier alpha value is -3.48. The summed E-state index contributed by atoms with van der Waals surface area (Å²) in [4.78, 5) is 34.3. The smallest absolute Gasteiger partial charge is 0.365 e. The maximum Gasteiger partial charge on any atom is 0.416 e. The Bertz CT molecular complexity index is 1340. The Morgan fingerprint density at radius 1 is 1.00 bits per heavy atom. The van der Waals surface area contributed by atoms with Gasteiger partial charge in [0, 0.05) is 56.7 Å². The van der Waals surface area contributed by atoms with Crippen LogP contribution >= 0.6 is 11.3 Å². The third-order valence-electron chi connectivity index (χ3n) is 6.67. The Morgan fingerprint density at radius 2 is 1.72 bits per heavy atom. The second kappa shape index (κ2) is 12.1. The number of rotatable bonds is 8. The Kier molecular flexibility index (Phi) is 8.88. The van der Waals surface area contributed by atoms with Crippen LogP contribution in [-0.2, 0) is 12.7 Å². The zero-order chi connectivity index (χ0) is 28.2. The van der Waals surface area contributed by atoms with Gasteiger partial charge in [-0.3, -0.25) is 14.5 Å². The number of carbonyl (C=O) groups is 2. The molecule has 2 heterocycles. The Balaban J connectivity index is 1.48. The summed E-state index contributed by atoms with van der Waals surface area (Å²) in [6, 6.07) is 8.62. The number of nitrogens with zero attached hydrogens (tertiary/aromatic N) is 3. The van der Waals surface area contributed by atoms with Crippen LogP contribution in [0.15, 0.2) is 42.6 Å². The number of carbonyl (C=O) groups excluding carboxylic acids is 2. The van der Waals surface area contributed by atoms with Crippen molar-refractivity contribution in [1.29, 1.82) is 0 Å². The molecule has 0 spiro atoms. The summed E-state index contributed by atoms with van der Waals surface area (Å²) in [5.74, 6) is -0.964. The fourth-order valence-electron chi connectivity index (χ4n) is 4.34. The average molecular weight is 561 g/mol. The highest BCUT2D eigenvalue weighted by atomic mass is 32.1. The van der Waals surface area contributed by atoms with Gasteiger partial charge in [-0.05, 0) is 48.9 Å². The predicted octanol–water partition coefficient (Wildman–Crippen LogP) is 5.15. The minimum absolute atomic E-state index is 0.0438. The van der Waals surface area contributed by atoms with Gasteiger partial charge in [0.25, 0.3) is 11.8 Å². The maximum absolute atomic E-state index is 14.0. The van der Waals surface area contributed by atoms with Gasteiger partial charge in [-0.25, -0.2) is 4.98 Å². The van der Waals surface area contributed by atoms with E-state index in [2.05, 4.69) is 32.8 Å². The molecule has 208 valence electrons. The van der Waals surface area contributed by atoms with Crippen LogP contribution in [0.2, 0.25) is 0 Å². The normalized spacial score (nSPS) is 14.7. The van der Waals surface area contributed by atoms with E-state index < -0.39 is 17.6 Å². The van der Waals surface area contributed by atoms with Crippen molar-refractivity contribution in [3.05, 3.63) is 69.7 Å². The molecule has 0 aliphatic carbocycles. The van der Waals surface area contributed by atoms with Crippen LogP contribution in [-0.4, -0.2) is 66.4 Å². The number of benzene rings is 2. The highest BCUT2D eigenvalue weighted by Gasteiger charge is 2.34. The van der Waals surface area contributed by atoms with Gasteiger partial charge >= 0.3 is 6.18 Å². The molecule has 2 aromatic carbocycles. The van der Waals surface area contributed by atoms with Crippen LogP contribution in [0, 0.1) is 6.92 Å². The number of piperazine rings is 1. The number of aromatic nitrogens is 1. The number of nitrogens with one attached hydrogen (secondary N) is 3. The third kappa shape index (κ3) is 7.14. The molecule has 12 heteroatoms. The molecule has 0 radical (unpaired) electrons. The van der Waals surface area contributed by atoms with E-state index in [4.69, 9.17) is 0 Å². The van der Waals surface area contributed by atoms with E-state index >= 15 is 0 Å². The SMILES string of the molecule is CCN1CCN(Cc2ccc(NC(=O)c3ccc(C)c(NC(=O)c4cnc(NC)s4)c3)cc2C(F)(F)F)CC1. The van der Waals surface area contributed by atoms with Crippen molar-refractivity contribution in [3.63, 3.8) is 0 Å². The number of likely N-dealkylation sites (N-methyl/N-ethyl adjacent to an activating group) is 1. The van der Waals surface area contributed by atoms with E-state index in [0.29, 0.717) is 28.8 Å². The summed E-state index contributed by atoms with van der Waals surface area (Å²) in [5.41, 5.74) is 0.795. The molecule has 39 heavy (non-hydrogen) atoms. The molecule has 0 saturated carbocycles. The number of alkyl halides is 3. The van der Waals surface area contributed by atoms with Crippen molar-refractivity contribution in [2.75, 3.05) is 55.7 Å². The van der Waals surface area contributed by atoms with Gasteiger partial charge in [0.1, 0.15) is 4.88 Å². The quantitative estimate of drug-likeness (QED) is 0.353. The number of aryl methyl sites for hydroxylation is 1. The molecule has 3 aromatic rings. The number of thiazole rings is 1. The van der Waals surface area contributed by atoms with Gasteiger partial charge in [0.05, 0.1) is 11.8 Å². The van der Waals surface area contributed by atoms with Crippen LogP contribution in [0.5, 0.6) is 0 Å². The first-order valence-corrected chi connectivity index (χ1v) is 13.4. The lowest BCUT2D eigenvalue weighted by atomic mass is 10.0. The number of amides is 2. The van der Waals surface area contributed by atoms with Crippen LogP contribution in [0.3, 0.4) is 0 Å². The van der Waals surface area contributed by atoms with E-state index in [1.807, 2.05) is 4.90 Å². The molecule has 0 unspecified atom stereocenters. The zero-order valence-corrected chi connectivity index (χ0v) is 22.8. The highest BCUT2D eigenvalue weighted by molar-refractivity contribution is 7.17. The number of halogens is 3. The van der Waals surface area contributed by atoms with Gasteiger partial charge in [0.15, 0.2) is 5.13 Å². The van der Waals surface area contributed by atoms with Crippen LogP contribution in [0.25, 0.3) is 0 Å². The lowest BCUT2D eigenvalue weighted by molar-refractivity contribution is -0.138. The first-order valence-electron chi connectivity index (χ1n) is 12.6. The van der Waals surface area contributed by atoms with Crippen LogP contribution in [0.4, 0.5) is 29.7 Å². The summed E-state index contributed by atoms with van der Waals surface area (Å²) in [5, 5.41) is 8.80. The summed E-state index contributed by atoms with van der Waals surface area (Å²) < 4.78 is 41.9. The lowest BCUT2D eigenvalue weighted by Gasteiger charge is -2.34. The first-order chi connectivity index (χ1) is 18.6. The largest absolute Gasteiger partial charge is 0.416 e. The van der Waals surface area contributed by atoms with Gasteiger partial charge in [0.2, 0.25) is 0 Å². The van der Waals surface area contributed by atoms with Gasteiger partial charge in [-0.1, -0.05) is 30.4 Å². The molecule has 1 saturated heterocycles. The lowest BCUT2D eigenvalue weighted by Crippen LogP contribution is -2.45. The molecule has 1 aromatic heterocycles. The number of hydrogen-bond donors (Lipinski definition) is 3. The molecule has 1 fully saturated rings. The highest BCUT2D eigenvalue weighted by Crippen LogP contribution is 2.35. The van der Waals surface area contributed by atoms with Gasteiger partial charge < -0.3 is 20.9 Å². The fraction of sp³-hybridized carbons (Fsp3) is 0.370. The summed E-state index contributed by atoms with van der Waals surface area (Å²) in [6.45, 7) is 8.02. The molecule has 4 rings (SSSR count). The van der Waals surface area contributed by atoms with E-state index in [0.717, 1.165) is 31.3 Å². The standard InChI is InChI=1S/C27H31F3N6O2S/c1-4-35-9-11-36(12-10-35)16-19-7-8-20(14-21(19)27(28,29)30)33-24(37)18-6-5-17(2)22(13-18)34-25(38)23-15-32-26(31-3)39-23/h5-8,13-15H,4,9-12,16H2,1-3H3,(H,31,32)(H,33,37)(H,34,38). The first kappa shape index (κ1) is 28.5. The van der Waals surface area contributed by atoms with Crippen molar-refractivity contribution in [1.82, 2.24) is 14.8 Å². The Labute approximate surface area is 229 Å². The summed E-state index contributed by atoms with van der Waals surface area (Å²) in [7, 11) is 1.70. The minimum atomic E-state index is -4.56. The van der Waals surface area contributed by atoms with Crippen molar-refractivity contribution in [2.45, 2.75) is 26.6 Å². The van der Waals surface area contributed by atoms with Crippen molar-refractivity contribution < 1.29 is 22.8 Å². The topological polar surface area (TPSA) is 89.6 Å². The second-order valence-corrected chi connectivity index (χ2v) is 10.3. The predicted molar refractivity (Wildman–Crippen MR) is 148 cm³/mol. The molecular formula is C27H31F3N6O2S. The van der Waals surface area contributed by atoms with E-state index in [-0.39, 0.29) is 29.3 Å². The third-order valence-corrected chi connectivity index (χ3v) is 7.68. The molecular weight excluding hydrogens is 529 g/mol.